The first kappa shape index (κ1) is 22.6. The van der Waals surface area contributed by atoms with Gasteiger partial charge in [0.15, 0.2) is 0 Å². The van der Waals surface area contributed by atoms with Crippen molar-refractivity contribution in [1.82, 2.24) is 5.32 Å². The van der Waals surface area contributed by atoms with Crippen LogP contribution >= 0.6 is 0 Å². The molecule has 1 aliphatic heterocycles. The Kier molecular flexibility index (Phi) is 11.4. The van der Waals surface area contributed by atoms with Crippen LogP contribution in [0.25, 0.3) is 0 Å². The third-order valence-corrected chi connectivity index (χ3v) is 3.43. The lowest BCUT2D eigenvalue weighted by Crippen LogP contribution is -2.23. The summed E-state index contributed by atoms with van der Waals surface area (Å²) in [5.74, 6) is 0.232. The molecule has 0 amide bonds. The molecule has 0 radical (unpaired) electrons. The van der Waals surface area contributed by atoms with Crippen LogP contribution in [0.2, 0.25) is 0 Å². The highest BCUT2D eigenvalue weighted by Crippen LogP contribution is 2.28. The molecule has 1 aromatic rings. The van der Waals surface area contributed by atoms with Crippen LogP contribution in [0, 0.1) is 12.8 Å². The molecule has 0 aromatic heterocycles. The summed E-state index contributed by atoms with van der Waals surface area (Å²) in [4.78, 5) is 10.3. The quantitative estimate of drug-likeness (QED) is 0.744. The van der Waals surface area contributed by atoms with E-state index in [9.17, 15) is 18.0 Å². The van der Waals surface area contributed by atoms with Crippen LogP contribution in [-0.2, 0) is 11.0 Å². The van der Waals surface area contributed by atoms with Crippen molar-refractivity contribution < 1.29 is 18.0 Å². The molecule has 1 aliphatic rings. The third kappa shape index (κ3) is 10.4. The van der Waals surface area contributed by atoms with Crippen molar-refractivity contribution in [1.29, 1.82) is 0 Å². The van der Waals surface area contributed by atoms with Gasteiger partial charge in [0.1, 0.15) is 6.29 Å². The first-order valence-electron chi connectivity index (χ1n) is 8.57. The number of alkyl halides is 3. The Bertz CT molecular complexity index is 437. The zero-order valence-corrected chi connectivity index (χ0v) is 15.1. The molecule has 2 rings (SSSR count). The average Bonchev–Trinajstić information content (AvgIpc) is 3.01. The second kappa shape index (κ2) is 12.1. The van der Waals surface area contributed by atoms with Gasteiger partial charge in [-0.3, -0.25) is 0 Å². The average molecular weight is 345 g/mol. The summed E-state index contributed by atoms with van der Waals surface area (Å²) in [6, 6.07) is 5.66. The first-order chi connectivity index (χ1) is 11.2. The third-order valence-electron chi connectivity index (χ3n) is 3.43. The van der Waals surface area contributed by atoms with E-state index in [2.05, 4.69) is 19.2 Å². The van der Waals surface area contributed by atoms with Crippen molar-refractivity contribution in [3.05, 3.63) is 35.4 Å². The predicted molar refractivity (Wildman–Crippen MR) is 93.0 cm³/mol. The SMILES string of the molecule is CC(C=O)CC1CCCN1.CCC.Cc1ccc(C(F)(F)F)cc1. The summed E-state index contributed by atoms with van der Waals surface area (Å²) in [6.07, 6.45) is 1.62. The van der Waals surface area contributed by atoms with Gasteiger partial charge in [-0.2, -0.15) is 13.2 Å². The molecule has 0 saturated carbocycles. The standard InChI is InChI=1S/C8H7F3.C8H15NO.C3H8/c1-6-2-4-7(5-3-6)8(9,10)11;1-7(6-10)5-8-3-2-4-9-8;1-3-2/h2-5H,1H3;6-9H,2-5H2,1H3;3H2,1-2H3. The Labute approximate surface area is 143 Å². The van der Waals surface area contributed by atoms with Crippen molar-refractivity contribution in [3.63, 3.8) is 0 Å². The lowest BCUT2D eigenvalue weighted by atomic mass is 10.0. The molecular weight excluding hydrogens is 315 g/mol. The maximum atomic E-state index is 11.9. The lowest BCUT2D eigenvalue weighted by molar-refractivity contribution is -0.137. The van der Waals surface area contributed by atoms with E-state index in [-0.39, 0.29) is 5.92 Å². The molecule has 1 aromatic carbocycles. The summed E-state index contributed by atoms with van der Waals surface area (Å²) < 4.78 is 35.8. The zero-order valence-electron chi connectivity index (χ0n) is 15.1. The highest BCUT2D eigenvalue weighted by molar-refractivity contribution is 5.52. The number of aldehydes is 1. The van der Waals surface area contributed by atoms with Gasteiger partial charge in [0.25, 0.3) is 0 Å². The largest absolute Gasteiger partial charge is 0.416 e. The number of hydrogen-bond acceptors (Lipinski definition) is 2. The summed E-state index contributed by atoms with van der Waals surface area (Å²) in [5.41, 5.74) is 0.237. The van der Waals surface area contributed by atoms with E-state index in [0.29, 0.717) is 6.04 Å². The Balaban J connectivity index is 0.000000381. The molecule has 1 fully saturated rings. The number of hydrogen-bond donors (Lipinski definition) is 1. The van der Waals surface area contributed by atoms with E-state index in [0.717, 1.165) is 36.9 Å². The number of aryl methyl sites for hydroxylation is 1. The van der Waals surface area contributed by atoms with Crippen molar-refractivity contribution in [3.8, 4) is 0 Å². The molecule has 2 nitrogen and oxygen atoms in total. The van der Waals surface area contributed by atoms with Crippen molar-refractivity contribution >= 4 is 6.29 Å². The molecule has 0 bridgehead atoms. The predicted octanol–water partition coefficient (Wildman–Crippen LogP) is 5.39. The molecular formula is C19H30F3NO. The number of nitrogens with one attached hydrogen (secondary N) is 1. The van der Waals surface area contributed by atoms with Gasteiger partial charge in [0, 0.05) is 12.0 Å². The normalized spacial score (nSPS) is 17.9. The first-order valence-corrected chi connectivity index (χ1v) is 8.57. The fraction of sp³-hybridized carbons (Fsp3) is 0.632. The van der Waals surface area contributed by atoms with E-state index in [1.54, 1.807) is 6.92 Å². The van der Waals surface area contributed by atoms with Crippen LogP contribution in [0.3, 0.4) is 0 Å². The van der Waals surface area contributed by atoms with Crippen LogP contribution in [0.15, 0.2) is 24.3 Å². The highest BCUT2D eigenvalue weighted by Gasteiger charge is 2.29. The van der Waals surface area contributed by atoms with Crippen LogP contribution in [-0.4, -0.2) is 18.9 Å². The van der Waals surface area contributed by atoms with Crippen LogP contribution in [0.5, 0.6) is 0 Å². The van der Waals surface area contributed by atoms with Gasteiger partial charge >= 0.3 is 6.18 Å². The maximum absolute atomic E-state index is 11.9. The van der Waals surface area contributed by atoms with Crippen molar-refractivity contribution in [2.45, 2.75) is 65.6 Å². The number of rotatable bonds is 3. The van der Waals surface area contributed by atoms with Crippen LogP contribution < -0.4 is 5.32 Å². The minimum Gasteiger partial charge on any atom is -0.314 e. The van der Waals surface area contributed by atoms with Gasteiger partial charge in [-0.25, -0.2) is 0 Å². The number of benzene rings is 1. The van der Waals surface area contributed by atoms with E-state index >= 15 is 0 Å². The minimum absolute atomic E-state index is 0.232. The van der Waals surface area contributed by atoms with Gasteiger partial charge in [0.05, 0.1) is 5.56 Å². The van der Waals surface area contributed by atoms with Gasteiger partial charge < -0.3 is 10.1 Å². The highest BCUT2D eigenvalue weighted by atomic mass is 19.4. The molecule has 5 heteroatoms. The minimum atomic E-state index is -4.21. The number of carbonyl (C=O) groups excluding carboxylic acids is 1. The zero-order chi connectivity index (χ0) is 18.6. The van der Waals surface area contributed by atoms with E-state index in [4.69, 9.17) is 0 Å². The Hall–Kier alpha value is -1.36. The van der Waals surface area contributed by atoms with E-state index in [1.165, 1.54) is 31.4 Å². The van der Waals surface area contributed by atoms with Crippen LogP contribution in [0.4, 0.5) is 13.2 Å². The molecule has 1 saturated heterocycles. The fourth-order valence-corrected chi connectivity index (χ4v) is 2.20. The Morgan fingerprint density at radius 1 is 1.25 bits per heavy atom. The second-order valence-electron chi connectivity index (χ2n) is 6.21. The van der Waals surface area contributed by atoms with Crippen molar-refractivity contribution in [2.24, 2.45) is 5.92 Å². The van der Waals surface area contributed by atoms with Gasteiger partial charge in [-0.15, -0.1) is 0 Å². The summed E-state index contributed by atoms with van der Waals surface area (Å²) in [6.45, 7) is 9.11. The Morgan fingerprint density at radius 3 is 2.17 bits per heavy atom. The lowest BCUT2D eigenvalue weighted by Gasteiger charge is -2.10. The molecule has 24 heavy (non-hydrogen) atoms. The number of carbonyl (C=O) groups is 1. The molecule has 2 atom stereocenters. The van der Waals surface area contributed by atoms with Gasteiger partial charge in [-0.05, 0) is 44.9 Å². The van der Waals surface area contributed by atoms with E-state index < -0.39 is 11.7 Å². The van der Waals surface area contributed by atoms with Crippen molar-refractivity contribution in [2.75, 3.05) is 6.54 Å². The molecule has 1 heterocycles. The summed E-state index contributed by atoms with van der Waals surface area (Å²) in [7, 11) is 0. The summed E-state index contributed by atoms with van der Waals surface area (Å²) >= 11 is 0. The topological polar surface area (TPSA) is 29.1 Å². The Morgan fingerprint density at radius 2 is 1.79 bits per heavy atom. The fourth-order valence-electron chi connectivity index (χ4n) is 2.20. The molecule has 2 unspecified atom stereocenters. The van der Waals surface area contributed by atoms with Crippen LogP contribution in [0.1, 0.15) is 57.6 Å². The van der Waals surface area contributed by atoms with Gasteiger partial charge in [-0.1, -0.05) is 44.9 Å². The maximum Gasteiger partial charge on any atom is 0.416 e. The second-order valence-corrected chi connectivity index (χ2v) is 6.21. The smallest absolute Gasteiger partial charge is 0.314 e. The molecule has 0 spiro atoms. The molecule has 0 aliphatic carbocycles. The molecule has 138 valence electrons. The summed E-state index contributed by atoms with van der Waals surface area (Å²) in [5, 5.41) is 3.36. The number of halogens is 3. The monoisotopic (exact) mass is 345 g/mol. The van der Waals surface area contributed by atoms with Gasteiger partial charge in [0.2, 0.25) is 0 Å². The molecule has 1 N–H and O–H groups in total. The van der Waals surface area contributed by atoms with E-state index in [1.807, 2.05) is 6.92 Å².